The quantitative estimate of drug-likeness (QED) is 0.519. The summed E-state index contributed by atoms with van der Waals surface area (Å²) in [6.45, 7) is 2.22. The molecule has 0 aliphatic heterocycles. The number of unbranched alkanes of at least 4 members (excludes halogenated alkanes) is 1. The van der Waals surface area contributed by atoms with Crippen LogP contribution in [0.3, 0.4) is 0 Å². The lowest BCUT2D eigenvalue weighted by molar-refractivity contribution is 0.593. The molecule has 0 radical (unpaired) electrons. The summed E-state index contributed by atoms with van der Waals surface area (Å²) in [6.07, 6.45) is 3.42. The van der Waals surface area contributed by atoms with Crippen molar-refractivity contribution >= 4 is 12.6 Å². The Balaban J connectivity index is 1.99. The summed E-state index contributed by atoms with van der Waals surface area (Å²) in [5.74, 6) is 2.71. The number of thiol groups is 1. The van der Waals surface area contributed by atoms with Crippen LogP contribution in [0.5, 0.6) is 0 Å². The molecule has 0 aliphatic rings. The van der Waals surface area contributed by atoms with Gasteiger partial charge < -0.3 is 4.42 Å². The van der Waals surface area contributed by atoms with E-state index in [1.807, 2.05) is 6.07 Å². The third-order valence-corrected chi connectivity index (χ3v) is 4.43. The van der Waals surface area contributed by atoms with E-state index in [2.05, 4.69) is 74.1 Å². The molecule has 0 saturated heterocycles. The lowest BCUT2D eigenvalue weighted by Gasteiger charge is -2.02. The van der Waals surface area contributed by atoms with E-state index in [9.17, 15) is 0 Å². The average molecular weight is 322 g/mol. The molecule has 0 amide bonds. The van der Waals surface area contributed by atoms with Crippen LogP contribution in [0, 0.1) is 0 Å². The second-order valence-electron chi connectivity index (χ2n) is 5.79. The van der Waals surface area contributed by atoms with Crippen LogP contribution in [-0.4, -0.2) is 0 Å². The van der Waals surface area contributed by atoms with Crippen LogP contribution in [0.25, 0.3) is 22.6 Å². The van der Waals surface area contributed by atoms with E-state index in [1.165, 1.54) is 24.0 Å². The highest BCUT2D eigenvalue weighted by molar-refractivity contribution is 7.79. The largest absolute Gasteiger partial charge is 0.456 e. The van der Waals surface area contributed by atoms with Gasteiger partial charge in [-0.2, -0.15) is 12.6 Å². The van der Waals surface area contributed by atoms with Crippen molar-refractivity contribution in [1.29, 1.82) is 0 Å². The standard InChI is InChI=1S/C21H22OS/c1-2-3-7-19-14-20(17-12-10-16(15-23)11-13-17)22-21(19)18-8-5-4-6-9-18/h4-6,8-14,23H,2-3,7,15H2,1H3. The molecule has 0 N–H and O–H groups in total. The Morgan fingerprint density at radius 2 is 1.65 bits per heavy atom. The minimum Gasteiger partial charge on any atom is -0.456 e. The van der Waals surface area contributed by atoms with E-state index < -0.39 is 0 Å². The van der Waals surface area contributed by atoms with Gasteiger partial charge in [0.25, 0.3) is 0 Å². The molecule has 0 atom stereocenters. The molecule has 0 aliphatic carbocycles. The SMILES string of the molecule is CCCCc1cc(-c2ccc(CS)cc2)oc1-c1ccccc1. The van der Waals surface area contributed by atoms with Gasteiger partial charge in [-0.25, -0.2) is 0 Å². The third kappa shape index (κ3) is 3.70. The zero-order chi connectivity index (χ0) is 16.1. The highest BCUT2D eigenvalue weighted by atomic mass is 32.1. The molecular formula is C21H22OS. The molecule has 0 saturated carbocycles. The molecule has 1 nitrogen and oxygen atoms in total. The van der Waals surface area contributed by atoms with Crippen LogP contribution in [0.4, 0.5) is 0 Å². The maximum absolute atomic E-state index is 6.24. The van der Waals surface area contributed by atoms with Crippen molar-refractivity contribution in [3.05, 3.63) is 71.8 Å². The molecule has 2 aromatic carbocycles. The fourth-order valence-corrected chi connectivity index (χ4v) is 2.94. The monoisotopic (exact) mass is 322 g/mol. The summed E-state index contributed by atoms with van der Waals surface area (Å²) >= 11 is 4.31. The number of furan rings is 1. The Labute approximate surface area is 143 Å². The van der Waals surface area contributed by atoms with Gasteiger partial charge >= 0.3 is 0 Å². The van der Waals surface area contributed by atoms with Crippen LogP contribution in [0.1, 0.15) is 30.9 Å². The van der Waals surface area contributed by atoms with E-state index in [0.717, 1.165) is 34.8 Å². The summed E-state index contributed by atoms with van der Waals surface area (Å²) in [4.78, 5) is 0. The molecule has 3 rings (SSSR count). The zero-order valence-electron chi connectivity index (χ0n) is 13.5. The maximum Gasteiger partial charge on any atom is 0.137 e. The first kappa shape index (κ1) is 15.9. The van der Waals surface area contributed by atoms with Crippen molar-refractivity contribution in [2.24, 2.45) is 0 Å². The number of aryl methyl sites for hydroxylation is 1. The van der Waals surface area contributed by atoms with Crippen LogP contribution in [-0.2, 0) is 12.2 Å². The fraction of sp³-hybridized carbons (Fsp3) is 0.238. The van der Waals surface area contributed by atoms with Crippen LogP contribution >= 0.6 is 12.6 Å². The van der Waals surface area contributed by atoms with Crippen LogP contribution in [0.15, 0.2) is 65.1 Å². The first-order valence-electron chi connectivity index (χ1n) is 8.20. The molecule has 3 aromatic rings. The van der Waals surface area contributed by atoms with Gasteiger partial charge in [-0.05, 0) is 30.0 Å². The maximum atomic E-state index is 6.24. The molecule has 0 fully saturated rings. The molecule has 118 valence electrons. The first-order valence-corrected chi connectivity index (χ1v) is 8.83. The zero-order valence-corrected chi connectivity index (χ0v) is 14.4. The average Bonchev–Trinajstić information content (AvgIpc) is 3.05. The van der Waals surface area contributed by atoms with Gasteiger partial charge in [0.1, 0.15) is 11.5 Å². The Hall–Kier alpha value is -1.93. The van der Waals surface area contributed by atoms with E-state index in [4.69, 9.17) is 4.42 Å². The van der Waals surface area contributed by atoms with Crippen molar-refractivity contribution in [2.75, 3.05) is 0 Å². The van der Waals surface area contributed by atoms with Crippen LogP contribution < -0.4 is 0 Å². The topological polar surface area (TPSA) is 13.1 Å². The second-order valence-corrected chi connectivity index (χ2v) is 6.11. The van der Waals surface area contributed by atoms with Crippen molar-refractivity contribution in [3.8, 4) is 22.6 Å². The van der Waals surface area contributed by atoms with E-state index >= 15 is 0 Å². The van der Waals surface area contributed by atoms with Crippen molar-refractivity contribution < 1.29 is 4.42 Å². The van der Waals surface area contributed by atoms with E-state index in [0.29, 0.717) is 0 Å². The third-order valence-electron chi connectivity index (χ3n) is 4.07. The molecule has 1 heterocycles. The lowest BCUT2D eigenvalue weighted by Crippen LogP contribution is -1.85. The Kier molecular flexibility index (Phi) is 5.24. The summed E-state index contributed by atoms with van der Waals surface area (Å²) in [6, 6.07) is 21.0. The predicted molar refractivity (Wildman–Crippen MR) is 101 cm³/mol. The Morgan fingerprint density at radius 3 is 2.30 bits per heavy atom. The number of hydrogen-bond donors (Lipinski definition) is 1. The number of rotatable bonds is 6. The van der Waals surface area contributed by atoms with Crippen molar-refractivity contribution in [3.63, 3.8) is 0 Å². The van der Waals surface area contributed by atoms with E-state index in [-0.39, 0.29) is 0 Å². The summed E-state index contributed by atoms with van der Waals surface area (Å²) < 4.78 is 6.24. The highest BCUT2D eigenvalue weighted by Crippen LogP contribution is 2.33. The number of benzene rings is 2. The van der Waals surface area contributed by atoms with Crippen molar-refractivity contribution in [2.45, 2.75) is 31.9 Å². The molecule has 0 spiro atoms. The van der Waals surface area contributed by atoms with Gasteiger partial charge in [0.05, 0.1) is 0 Å². The van der Waals surface area contributed by atoms with Gasteiger partial charge in [-0.1, -0.05) is 67.9 Å². The Morgan fingerprint density at radius 1 is 0.913 bits per heavy atom. The first-order chi connectivity index (χ1) is 11.3. The molecule has 2 heteroatoms. The molecule has 0 unspecified atom stereocenters. The number of hydrogen-bond acceptors (Lipinski definition) is 2. The van der Waals surface area contributed by atoms with Gasteiger partial charge in [-0.15, -0.1) is 0 Å². The lowest BCUT2D eigenvalue weighted by atomic mass is 10.0. The summed E-state index contributed by atoms with van der Waals surface area (Å²) in [7, 11) is 0. The van der Waals surface area contributed by atoms with Gasteiger partial charge in [0, 0.05) is 16.9 Å². The summed E-state index contributed by atoms with van der Waals surface area (Å²) in [5, 5.41) is 0. The minimum absolute atomic E-state index is 0.759. The molecule has 0 bridgehead atoms. The normalized spacial score (nSPS) is 10.9. The summed E-state index contributed by atoms with van der Waals surface area (Å²) in [5.41, 5.74) is 4.79. The molecule has 23 heavy (non-hydrogen) atoms. The highest BCUT2D eigenvalue weighted by Gasteiger charge is 2.14. The second kappa shape index (κ2) is 7.56. The fourth-order valence-electron chi connectivity index (χ4n) is 2.73. The van der Waals surface area contributed by atoms with Gasteiger partial charge in [0.15, 0.2) is 0 Å². The molecular weight excluding hydrogens is 300 g/mol. The van der Waals surface area contributed by atoms with Gasteiger partial charge in [-0.3, -0.25) is 0 Å². The van der Waals surface area contributed by atoms with E-state index in [1.54, 1.807) is 0 Å². The van der Waals surface area contributed by atoms with Gasteiger partial charge in [0.2, 0.25) is 0 Å². The molecule has 1 aromatic heterocycles. The predicted octanol–water partition coefficient (Wildman–Crippen LogP) is 6.39. The minimum atomic E-state index is 0.759. The smallest absolute Gasteiger partial charge is 0.137 e. The van der Waals surface area contributed by atoms with Crippen LogP contribution in [0.2, 0.25) is 0 Å². The Bertz CT molecular complexity index is 741. The van der Waals surface area contributed by atoms with Crippen molar-refractivity contribution in [1.82, 2.24) is 0 Å².